The summed E-state index contributed by atoms with van der Waals surface area (Å²) >= 11 is 1.55. The van der Waals surface area contributed by atoms with Crippen molar-refractivity contribution in [2.45, 2.75) is 37.1 Å². The number of carboxylic acid groups (broad SMARTS) is 1. The topological polar surface area (TPSA) is 45.5 Å². The minimum atomic E-state index is -0.915. The third kappa shape index (κ3) is 4.16. The van der Waals surface area contributed by atoms with Gasteiger partial charge in [0.05, 0.1) is 0 Å². The van der Waals surface area contributed by atoms with Gasteiger partial charge in [0.2, 0.25) is 0 Å². The number of aliphatic carboxylic acids is 1. The summed E-state index contributed by atoms with van der Waals surface area (Å²) in [5.41, 5.74) is 2.71. The summed E-state index contributed by atoms with van der Waals surface area (Å²) in [4.78, 5) is 12.2. The molecular weight excluding hydrogens is 394 g/mol. The van der Waals surface area contributed by atoms with Crippen molar-refractivity contribution in [1.29, 1.82) is 0 Å². The van der Waals surface area contributed by atoms with Crippen LogP contribution in [0.15, 0.2) is 47.4 Å². The van der Waals surface area contributed by atoms with E-state index in [9.17, 15) is 18.7 Å². The lowest BCUT2D eigenvalue weighted by molar-refractivity contribution is -0.137. The van der Waals surface area contributed by atoms with Crippen molar-refractivity contribution in [3.8, 4) is 0 Å². The van der Waals surface area contributed by atoms with E-state index in [1.807, 2.05) is 13.0 Å². The number of benzene rings is 2. The Balaban J connectivity index is 1.57. The second-order valence-corrected chi connectivity index (χ2v) is 8.56. The summed E-state index contributed by atoms with van der Waals surface area (Å²) in [6.07, 6.45) is 1.76. The zero-order chi connectivity index (χ0) is 20.5. The van der Waals surface area contributed by atoms with Crippen molar-refractivity contribution in [3.63, 3.8) is 0 Å². The van der Waals surface area contributed by atoms with Gasteiger partial charge >= 0.3 is 5.97 Å². The van der Waals surface area contributed by atoms with Gasteiger partial charge in [-0.25, -0.2) is 13.1 Å². The second-order valence-electron chi connectivity index (χ2n) is 7.39. The summed E-state index contributed by atoms with van der Waals surface area (Å²) in [6.45, 7) is 3.44. The molecule has 1 fully saturated rings. The van der Waals surface area contributed by atoms with Crippen molar-refractivity contribution >= 4 is 28.8 Å². The largest absolute Gasteiger partial charge is 0.480 e. The molecule has 3 aromatic rings. The highest BCUT2D eigenvalue weighted by atomic mass is 32.2. The molecule has 4 rings (SSSR count). The summed E-state index contributed by atoms with van der Waals surface area (Å²) in [5, 5.41) is 10.1. The van der Waals surface area contributed by atoms with Gasteiger partial charge in [-0.05, 0) is 79.6 Å². The summed E-state index contributed by atoms with van der Waals surface area (Å²) in [7, 11) is 0. The number of hydrogen-bond acceptors (Lipinski definition) is 3. The third-order valence-electron chi connectivity index (χ3n) is 5.52. The Morgan fingerprint density at radius 1 is 1.14 bits per heavy atom. The number of nitrogens with zero attached hydrogens (tertiary/aromatic N) is 2. The first kappa shape index (κ1) is 19.9. The first-order valence-electron chi connectivity index (χ1n) is 9.61. The molecule has 152 valence electrons. The molecule has 0 spiro atoms. The molecule has 0 unspecified atom stereocenters. The van der Waals surface area contributed by atoms with E-state index in [0.717, 1.165) is 53.0 Å². The van der Waals surface area contributed by atoms with E-state index >= 15 is 0 Å². The number of piperidine rings is 1. The minimum Gasteiger partial charge on any atom is -0.480 e. The maximum atomic E-state index is 14.0. The Morgan fingerprint density at radius 3 is 2.55 bits per heavy atom. The Morgan fingerprint density at radius 2 is 1.86 bits per heavy atom. The van der Waals surface area contributed by atoms with E-state index in [-0.39, 0.29) is 24.1 Å². The van der Waals surface area contributed by atoms with Gasteiger partial charge in [0, 0.05) is 34.6 Å². The number of fused-ring (bicyclic) bond motifs is 1. The van der Waals surface area contributed by atoms with Gasteiger partial charge in [-0.1, -0.05) is 6.07 Å². The van der Waals surface area contributed by atoms with E-state index in [2.05, 4.69) is 4.31 Å². The Bertz CT molecular complexity index is 1060. The van der Waals surface area contributed by atoms with Gasteiger partial charge in [0.1, 0.15) is 18.2 Å². The van der Waals surface area contributed by atoms with Crippen molar-refractivity contribution in [2.75, 3.05) is 13.1 Å². The van der Waals surface area contributed by atoms with Crippen LogP contribution < -0.4 is 0 Å². The van der Waals surface area contributed by atoms with Crippen LogP contribution in [0.5, 0.6) is 0 Å². The average Bonchev–Trinajstić information content (AvgIpc) is 2.93. The number of carbonyl (C=O) groups is 1. The molecule has 1 aromatic heterocycles. The molecule has 0 atom stereocenters. The van der Waals surface area contributed by atoms with E-state index in [4.69, 9.17) is 0 Å². The molecule has 1 aliphatic rings. The summed E-state index contributed by atoms with van der Waals surface area (Å²) < 4.78 is 31.4. The quantitative estimate of drug-likeness (QED) is 0.581. The van der Waals surface area contributed by atoms with Gasteiger partial charge in [-0.3, -0.25) is 4.79 Å². The SMILES string of the molecule is Cc1c(C2CCN(Sc3cccc(F)c3)CC2)c2cc(F)ccc2n1CC(=O)O. The lowest BCUT2D eigenvalue weighted by atomic mass is 9.88. The Labute approximate surface area is 172 Å². The second kappa shape index (κ2) is 8.16. The van der Waals surface area contributed by atoms with Gasteiger partial charge in [-0.2, -0.15) is 0 Å². The van der Waals surface area contributed by atoms with Gasteiger partial charge < -0.3 is 9.67 Å². The zero-order valence-electron chi connectivity index (χ0n) is 16.1. The van der Waals surface area contributed by atoms with E-state index in [1.54, 1.807) is 28.6 Å². The molecule has 1 N–H and O–H groups in total. The molecule has 7 heteroatoms. The molecule has 1 saturated heterocycles. The fraction of sp³-hybridized carbons (Fsp3) is 0.318. The number of rotatable bonds is 5. The monoisotopic (exact) mass is 416 g/mol. The van der Waals surface area contributed by atoms with Crippen LogP contribution >= 0.6 is 11.9 Å². The Hall–Kier alpha value is -2.38. The van der Waals surface area contributed by atoms with Crippen LogP contribution in [-0.2, 0) is 11.3 Å². The maximum Gasteiger partial charge on any atom is 0.323 e. The molecule has 0 saturated carbocycles. The van der Waals surface area contributed by atoms with Gasteiger partial charge in [0.25, 0.3) is 0 Å². The van der Waals surface area contributed by atoms with Crippen LogP contribution in [-0.4, -0.2) is 33.0 Å². The fourth-order valence-corrected chi connectivity index (χ4v) is 5.24. The molecule has 1 aliphatic heterocycles. The zero-order valence-corrected chi connectivity index (χ0v) is 16.9. The number of halogens is 2. The maximum absolute atomic E-state index is 14.0. The molecule has 0 amide bonds. The minimum absolute atomic E-state index is 0.137. The van der Waals surface area contributed by atoms with Gasteiger partial charge in [-0.15, -0.1) is 0 Å². The number of aromatic nitrogens is 1. The van der Waals surface area contributed by atoms with Crippen LogP contribution in [0, 0.1) is 18.6 Å². The third-order valence-corrected chi connectivity index (χ3v) is 6.61. The smallest absolute Gasteiger partial charge is 0.323 e. The lowest BCUT2D eigenvalue weighted by Gasteiger charge is -2.31. The van der Waals surface area contributed by atoms with E-state index in [0.29, 0.717) is 0 Å². The van der Waals surface area contributed by atoms with Crippen molar-refractivity contribution in [2.24, 2.45) is 0 Å². The highest BCUT2D eigenvalue weighted by Gasteiger charge is 2.27. The molecule has 4 nitrogen and oxygen atoms in total. The van der Waals surface area contributed by atoms with Crippen LogP contribution in [0.1, 0.15) is 30.0 Å². The predicted octanol–water partition coefficient (Wildman–Crippen LogP) is 5.20. The predicted molar refractivity (Wildman–Crippen MR) is 110 cm³/mol. The van der Waals surface area contributed by atoms with Crippen molar-refractivity contribution in [3.05, 3.63) is 65.4 Å². The summed E-state index contributed by atoms with van der Waals surface area (Å²) in [5.74, 6) is -1.24. The van der Waals surface area contributed by atoms with E-state index in [1.165, 1.54) is 24.3 Å². The standard InChI is InChI=1S/C22H22F2N2O2S/c1-14-22(19-12-17(24)5-6-20(19)26(14)13-21(27)28)15-7-9-25(10-8-15)29-18-4-2-3-16(23)11-18/h2-6,11-12,15H,7-10,13H2,1H3,(H,27,28). The van der Waals surface area contributed by atoms with Crippen LogP contribution in [0.25, 0.3) is 10.9 Å². The molecule has 0 aliphatic carbocycles. The summed E-state index contributed by atoms with van der Waals surface area (Å²) in [6, 6.07) is 11.1. The first-order chi connectivity index (χ1) is 13.9. The molecule has 2 heterocycles. The number of carboxylic acids is 1. The van der Waals surface area contributed by atoms with Crippen molar-refractivity contribution in [1.82, 2.24) is 8.87 Å². The van der Waals surface area contributed by atoms with E-state index < -0.39 is 5.97 Å². The van der Waals surface area contributed by atoms with Crippen LogP contribution in [0.2, 0.25) is 0 Å². The molecule has 0 bridgehead atoms. The van der Waals surface area contributed by atoms with Crippen LogP contribution in [0.3, 0.4) is 0 Å². The van der Waals surface area contributed by atoms with Crippen LogP contribution in [0.4, 0.5) is 8.78 Å². The highest BCUT2D eigenvalue weighted by molar-refractivity contribution is 7.97. The van der Waals surface area contributed by atoms with Crippen molar-refractivity contribution < 1.29 is 18.7 Å². The fourth-order valence-electron chi connectivity index (χ4n) is 4.24. The lowest BCUT2D eigenvalue weighted by Crippen LogP contribution is -2.27. The molecule has 29 heavy (non-hydrogen) atoms. The average molecular weight is 416 g/mol. The normalized spacial score (nSPS) is 15.8. The first-order valence-corrected chi connectivity index (χ1v) is 10.4. The molecular formula is C22H22F2N2O2S. The Kier molecular flexibility index (Phi) is 5.61. The van der Waals surface area contributed by atoms with Gasteiger partial charge in [0.15, 0.2) is 0 Å². The molecule has 0 radical (unpaired) electrons. The number of hydrogen-bond donors (Lipinski definition) is 1. The highest BCUT2D eigenvalue weighted by Crippen LogP contribution is 2.39. The molecule has 2 aromatic carbocycles.